The summed E-state index contributed by atoms with van der Waals surface area (Å²) in [6.45, 7) is 7.87. The molecule has 2 saturated heterocycles. The molecule has 150 valence electrons. The summed E-state index contributed by atoms with van der Waals surface area (Å²) in [6.07, 6.45) is 0.560. The van der Waals surface area contributed by atoms with Crippen molar-refractivity contribution in [3.63, 3.8) is 0 Å². The average Bonchev–Trinajstić information content (AvgIpc) is 3.01. The normalized spacial score (nSPS) is 24.0. The van der Waals surface area contributed by atoms with Gasteiger partial charge in [0.1, 0.15) is 0 Å². The number of amides is 1. The molecule has 0 aromatic heterocycles. The Morgan fingerprint density at radius 2 is 2.00 bits per heavy atom. The van der Waals surface area contributed by atoms with Gasteiger partial charge >= 0.3 is 0 Å². The van der Waals surface area contributed by atoms with Crippen LogP contribution in [-0.4, -0.2) is 75.5 Å². The van der Waals surface area contributed by atoms with Gasteiger partial charge in [0.25, 0.3) is 5.91 Å². The predicted octanol–water partition coefficient (Wildman–Crippen LogP) is 0.469. The summed E-state index contributed by atoms with van der Waals surface area (Å²) in [5.41, 5.74) is 1.04. The fraction of sp³-hybridized carbons (Fsp3) is 0.632. The number of anilines is 1. The van der Waals surface area contributed by atoms with Gasteiger partial charge in [0, 0.05) is 12.6 Å². The van der Waals surface area contributed by atoms with E-state index >= 15 is 0 Å². The van der Waals surface area contributed by atoms with E-state index < -0.39 is 9.84 Å². The Kier molecular flexibility index (Phi) is 6.33. The lowest BCUT2D eigenvalue weighted by molar-refractivity contribution is -0.915. The quantitative estimate of drug-likeness (QED) is 0.760. The van der Waals surface area contributed by atoms with Crippen molar-refractivity contribution < 1.29 is 18.1 Å². The number of benzene rings is 1. The molecule has 3 rings (SSSR count). The van der Waals surface area contributed by atoms with Gasteiger partial charge in [-0.15, -0.1) is 0 Å². The van der Waals surface area contributed by atoms with Crippen molar-refractivity contribution in [3.05, 3.63) is 29.3 Å². The molecular weight excluding hydrogens is 386 g/mol. The van der Waals surface area contributed by atoms with Crippen LogP contribution in [-0.2, 0) is 14.6 Å². The summed E-state index contributed by atoms with van der Waals surface area (Å²) in [7, 11) is -3.00. The summed E-state index contributed by atoms with van der Waals surface area (Å²) in [5, 5.41) is 0.754. The van der Waals surface area contributed by atoms with Crippen LogP contribution in [0.5, 0.6) is 0 Å². The number of carbonyl (C=O) groups is 1. The van der Waals surface area contributed by atoms with Crippen LogP contribution < -0.4 is 9.80 Å². The maximum Gasteiger partial charge on any atom is 0.280 e. The van der Waals surface area contributed by atoms with Crippen LogP contribution >= 0.6 is 11.6 Å². The zero-order valence-electron chi connectivity index (χ0n) is 16.0. The maximum atomic E-state index is 13.1. The molecular formula is C19H29ClN3O3S+. The fourth-order valence-electron chi connectivity index (χ4n) is 4.21. The van der Waals surface area contributed by atoms with Gasteiger partial charge in [-0.05, 0) is 32.4 Å². The molecule has 1 N–H and O–H groups in total. The number of halogens is 1. The number of quaternary nitrogens is 1. The summed E-state index contributed by atoms with van der Waals surface area (Å²) < 4.78 is 23.6. The van der Waals surface area contributed by atoms with Gasteiger partial charge in [0.05, 0.1) is 48.4 Å². The molecule has 0 bridgehead atoms. The van der Waals surface area contributed by atoms with Gasteiger partial charge in [-0.3, -0.25) is 4.79 Å². The fourth-order valence-corrected chi connectivity index (χ4v) is 6.20. The Balaban J connectivity index is 1.60. The molecule has 8 heteroatoms. The van der Waals surface area contributed by atoms with Crippen molar-refractivity contribution in [1.29, 1.82) is 0 Å². The minimum Gasteiger partial charge on any atom is -0.359 e. The number of hydrogen-bond donors (Lipinski definition) is 1. The van der Waals surface area contributed by atoms with Gasteiger partial charge in [0.15, 0.2) is 15.9 Å². The molecule has 2 atom stereocenters. The first-order chi connectivity index (χ1) is 12.8. The lowest BCUT2D eigenvalue weighted by atomic mass is 10.1. The smallest absolute Gasteiger partial charge is 0.280 e. The van der Waals surface area contributed by atoms with Crippen LogP contribution in [0, 0.1) is 0 Å². The highest BCUT2D eigenvalue weighted by Gasteiger charge is 2.38. The van der Waals surface area contributed by atoms with E-state index in [9.17, 15) is 13.2 Å². The molecule has 2 heterocycles. The first-order valence-corrected chi connectivity index (χ1v) is 11.9. The van der Waals surface area contributed by atoms with E-state index in [4.69, 9.17) is 11.6 Å². The molecule has 2 aliphatic heterocycles. The van der Waals surface area contributed by atoms with E-state index in [1.54, 1.807) is 4.90 Å². The SMILES string of the molecule is CCN(C(=O)[C@H](C)[NH+]1CCN(c2ccccc2Cl)CC1)[C@@H]1CCS(=O)(=O)C1. The molecule has 0 saturated carbocycles. The Hall–Kier alpha value is -1.31. The standard InChI is InChI=1S/C19H28ClN3O3S/c1-3-23(16-8-13-27(25,26)14-16)19(24)15(2)21-9-11-22(12-10-21)18-7-5-4-6-17(18)20/h4-7,15-16H,3,8-14H2,1-2H3/p+1/t15-,16+/m0/s1. The minimum atomic E-state index is -3.00. The van der Waals surface area contributed by atoms with E-state index in [1.165, 1.54) is 4.90 Å². The van der Waals surface area contributed by atoms with E-state index in [0.717, 1.165) is 36.9 Å². The Bertz CT molecular complexity index is 778. The van der Waals surface area contributed by atoms with Gasteiger partial charge < -0.3 is 14.7 Å². The third kappa shape index (κ3) is 4.58. The molecule has 1 aromatic carbocycles. The van der Waals surface area contributed by atoms with E-state index in [0.29, 0.717) is 13.0 Å². The summed E-state index contributed by atoms with van der Waals surface area (Å²) in [5.74, 6) is 0.370. The van der Waals surface area contributed by atoms with Crippen molar-refractivity contribution in [2.24, 2.45) is 0 Å². The molecule has 1 aromatic rings. The minimum absolute atomic E-state index is 0.0702. The molecule has 0 unspecified atom stereocenters. The maximum absolute atomic E-state index is 13.1. The second kappa shape index (κ2) is 8.37. The summed E-state index contributed by atoms with van der Waals surface area (Å²) in [4.78, 5) is 18.4. The second-order valence-electron chi connectivity index (χ2n) is 7.50. The van der Waals surface area contributed by atoms with Crippen LogP contribution in [0.25, 0.3) is 0 Å². The number of rotatable bonds is 5. The van der Waals surface area contributed by atoms with Gasteiger partial charge in [-0.2, -0.15) is 0 Å². The lowest BCUT2D eigenvalue weighted by Gasteiger charge is -2.38. The Morgan fingerprint density at radius 1 is 1.33 bits per heavy atom. The Morgan fingerprint density at radius 3 is 2.56 bits per heavy atom. The third-order valence-electron chi connectivity index (χ3n) is 5.85. The van der Waals surface area contributed by atoms with E-state index in [2.05, 4.69) is 4.90 Å². The average molecular weight is 415 g/mol. The van der Waals surface area contributed by atoms with Crippen molar-refractivity contribution in [3.8, 4) is 0 Å². The number of carbonyl (C=O) groups excluding carboxylic acids is 1. The van der Waals surface area contributed by atoms with Crippen LogP contribution in [0.1, 0.15) is 20.3 Å². The van der Waals surface area contributed by atoms with Crippen LogP contribution in [0.15, 0.2) is 24.3 Å². The molecule has 1 amide bonds. The number of nitrogens with zero attached hydrogens (tertiary/aromatic N) is 2. The van der Waals surface area contributed by atoms with Gasteiger partial charge in [0.2, 0.25) is 0 Å². The lowest BCUT2D eigenvalue weighted by Crippen LogP contribution is -3.19. The highest BCUT2D eigenvalue weighted by atomic mass is 35.5. The largest absolute Gasteiger partial charge is 0.359 e. The first kappa shape index (κ1) is 20.4. The number of piperazine rings is 1. The molecule has 2 aliphatic rings. The first-order valence-electron chi connectivity index (χ1n) is 9.67. The van der Waals surface area contributed by atoms with Gasteiger partial charge in [-0.25, -0.2) is 8.42 Å². The zero-order chi connectivity index (χ0) is 19.6. The predicted molar refractivity (Wildman–Crippen MR) is 108 cm³/mol. The van der Waals surface area contributed by atoms with Gasteiger partial charge in [-0.1, -0.05) is 23.7 Å². The van der Waals surface area contributed by atoms with Crippen molar-refractivity contribution >= 4 is 33.0 Å². The molecule has 0 radical (unpaired) electrons. The number of nitrogens with one attached hydrogen (secondary N) is 1. The molecule has 27 heavy (non-hydrogen) atoms. The molecule has 2 fully saturated rings. The van der Waals surface area contributed by atoms with Crippen LogP contribution in [0.3, 0.4) is 0 Å². The van der Waals surface area contributed by atoms with Crippen molar-refractivity contribution in [2.75, 3.05) is 49.1 Å². The Labute approximate surface area is 167 Å². The van der Waals surface area contributed by atoms with Crippen LogP contribution in [0.2, 0.25) is 5.02 Å². The number of sulfone groups is 1. The molecule has 6 nitrogen and oxygen atoms in total. The van der Waals surface area contributed by atoms with E-state index in [-0.39, 0.29) is 29.5 Å². The highest BCUT2D eigenvalue weighted by molar-refractivity contribution is 7.91. The molecule has 0 spiro atoms. The summed E-state index contributed by atoms with van der Waals surface area (Å²) >= 11 is 6.30. The topological polar surface area (TPSA) is 62.1 Å². The van der Waals surface area contributed by atoms with Crippen molar-refractivity contribution in [2.45, 2.75) is 32.4 Å². The third-order valence-corrected chi connectivity index (χ3v) is 7.92. The van der Waals surface area contributed by atoms with E-state index in [1.807, 2.05) is 38.1 Å². The number of para-hydroxylation sites is 1. The monoisotopic (exact) mass is 414 g/mol. The molecule has 0 aliphatic carbocycles. The zero-order valence-corrected chi connectivity index (χ0v) is 17.6. The second-order valence-corrected chi connectivity index (χ2v) is 10.1. The highest BCUT2D eigenvalue weighted by Crippen LogP contribution is 2.25. The number of hydrogen-bond acceptors (Lipinski definition) is 4. The summed E-state index contributed by atoms with van der Waals surface area (Å²) in [6, 6.07) is 7.51. The van der Waals surface area contributed by atoms with Crippen LogP contribution in [0.4, 0.5) is 5.69 Å². The number of likely N-dealkylation sites (N-methyl/N-ethyl adjacent to an activating group) is 1. The van der Waals surface area contributed by atoms with Crippen molar-refractivity contribution in [1.82, 2.24) is 4.90 Å².